The van der Waals surface area contributed by atoms with E-state index in [1.165, 1.54) is 0 Å². The van der Waals surface area contributed by atoms with Crippen LogP contribution in [0.4, 0.5) is 0 Å². The standard InChI is InChI=1S/C12H13ClN2O2/c1-2-17-12(16)5-8-3-10(13)4-9(6-14)11(8)7-15/h3-4H,2,5,7,15H2,1H3. The highest BCUT2D eigenvalue weighted by Gasteiger charge is 2.13. The minimum absolute atomic E-state index is 0.0790. The first-order valence-electron chi connectivity index (χ1n) is 5.19. The molecule has 0 heterocycles. The molecule has 0 atom stereocenters. The summed E-state index contributed by atoms with van der Waals surface area (Å²) < 4.78 is 4.85. The third-order valence-electron chi connectivity index (χ3n) is 2.27. The second-order valence-electron chi connectivity index (χ2n) is 3.39. The molecule has 1 aromatic rings. The van der Waals surface area contributed by atoms with E-state index >= 15 is 0 Å². The molecule has 0 unspecified atom stereocenters. The lowest BCUT2D eigenvalue weighted by atomic mass is 9.99. The monoisotopic (exact) mass is 252 g/mol. The predicted molar refractivity (Wildman–Crippen MR) is 64.4 cm³/mol. The van der Waals surface area contributed by atoms with Crippen LogP contribution in [0.1, 0.15) is 23.6 Å². The van der Waals surface area contributed by atoms with E-state index < -0.39 is 0 Å². The third kappa shape index (κ3) is 3.45. The van der Waals surface area contributed by atoms with Gasteiger partial charge in [-0.1, -0.05) is 11.6 Å². The zero-order valence-electron chi connectivity index (χ0n) is 9.50. The number of carbonyl (C=O) groups excluding carboxylic acids is 1. The molecule has 90 valence electrons. The Morgan fingerprint density at radius 1 is 1.59 bits per heavy atom. The Morgan fingerprint density at radius 2 is 2.29 bits per heavy atom. The number of halogens is 1. The molecule has 5 heteroatoms. The van der Waals surface area contributed by atoms with E-state index in [-0.39, 0.29) is 18.9 Å². The topological polar surface area (TPSA) is 76.1 Å². The maximum Gasteiger partial charge on any atom is 0.310 e. The van der Waals surface area contributed by atoms with Gasteiger partial charge in [0.15, 0.2) is 0 Å². The van der Waals surface area contributed by atoms with Gasteiger partial charge in [-0.2, -0.15) is 5.26 Å². The molecule has 0 bridgehead atoms. The van der Waals surface area contributed by atoms with E-state index in [2.05, 4.69) is 0 Å². The Hall–Kier alpha value is -1.57. The number of nitrogens with zero attached hydrogens (tertiary/aromatic N) is 1. The molecule has 0 fully saturated rings. The molecule has 0 saturated heterocycles. The first-order valence-corrected chi connectivity index (χ1v) is 5.57. The van der Waals surface area contributed by atoms with Crippen LogP contribution in [-0.4, -0.2) is 12.6 Å². The van der Waals surface area contributed by atoms with Crippen LogP contribution in [0.15, 0.2) is 12.1 Å². The molecule has 0 aliphatic carbocycles. The number of rotatable bonds is 4. The lowest BCUT2D eigenvalue weighted by Crippen LogP contribution is -2.12. The zero-order chi connectivity index (χ0) is 12.8. The van der Waals surface area contributed by atoms with E-state index in [9.17, 15) is 4.79 Å². The Labute approximate surface area is 105 Å². The molecule has 17 heavy (non-hydrogen) atoms. The number of benzene rings is 1. The van der Waals surface area contributed by atoms with Gasteiger partial charge in [0.25, 0.3) is 0 Å². The molecule has 0 saturated carbocycles. The summed E-state index contributed by atoms with van der Waals surface area (Å²) in [7, 11) is 0. The highest BCUT2D eigenvalue weighted by Crippen LogP contribution is 2.21. The smallest absolute Gasteiger partial charge is 0.310 e. The van der Waals surface area contributed by atoms with Gasteiger partial charge in [0, 0.05) is 11.6 Å². The Balaban J connectivity index is 3.10. The summed E-state index contributed by atoms with van der Waals surface area (Å²) in [6.45, 7) is 2.25. The van der Waals surface area contributed by atoms with Gasteiger partial charge in [-0.25, -0.2) is 0 Å². The van der Waals surface area contributed by atoms with Crippen LogP contribution in [-0.2, 0) is 22.5 Å². The second-order valence-corrected chi connectivity index (χ2v) is 3.83. The maximum absolute atomic E-state index is 11.4. The van der Waals surface area contributed by atoms with Gasteiger partial charge < -0.3 is 10.5 Å². The van der Waals surface area contributed by atoms with Crippen LogP contribution in [0.5, 0.6) is 0 Å². The fourth-order valence-corrected chi connectivity index (χ4v) is 1.80. The number of nitrogens with two attached hydrogens (primary N) is 1. The fraction of sp³-hybridized carbons (Fsp3) is 0.333. The van der Waals surface area contributed by atoms with Crippen molar-refractivity contribution in [3.8, 4) is 6.07 Å². The van der Waals surface area contributed by atoms with Crippen LogP contribution in [0.2, 0.25) is 5.02 Å². The molecular weight excluding hydrogens is 240 g/mol. The average molecular weight is 253 g/mol. The van der Waals surface area contributed by atoms with E-state index in [1.54, 1.807) is 19.1 Å². The minimum Gasteiger partial charge on any atom is -0.466 e. The van der Waals surface area contributed by atoms with Gasteiger partial charge in [-0.05, 0) is 30.2 Å². The summed E-state index contributed by atoms with van der Waals surface area (Å²) in [4.78, 5) is 11.4. The van der Waals surface area contributed by atoms with Crippen LogP contribution in [0.3, 0.4) is 0 Å². The van der Waals surface area contributed by atoms with E-state index in [0.717, 1.165) is 0 Å². The van der Waals surface area contributed by atoms with Gasteiger partial charge in [0.1, 0.15) is 0 Å². The molecule has 2 N–H and O–H groups in total. The summed E-state index contributed by atoms with van der Waals surface area (Å²) in [6.07, 6.45) is 0.0790. The summed E-state index contributed by atoms with van der Waals surface area (Å²) in [5, 5.41) is 9.37. The van der Waals surface area contributed by atoms with Crippen LogP contribution in [0, 0.1) is 11.3 Å². The average Bonchev–Trinajstić information content (AvgIpc) is 2.28. The molecule has 1 rings (SSSR count). The molecule has 4 nitrogen and oxygen atoms in total. The summed E-state index contributed by atoms with van der Waals surface area (Å²) in [5.41, 5.74) is 7.27. The summed E-state index contributed by atoms with van der Waals surface area (Å²) in [6, 6.07) is 5.20. The predicted octanol–water partition coefficient (Wildman–Crippen LogP) is 1.78. The van der Waals surface area contributed by atoms with Gasteiger partial charge in [-0.15, -0.1) is 0 Å². The van der Waals surface area contributed by atoms with Gasteiger partial charge >= 0.3 is 5.97 Å². The number of hydrogen-bond acceptors (Lipinski definition) is 4. The van der Waals surface area contributed by atoms with Crippen molar-refractivity contribution < 1.29 is 9.53 Å². The Kier molecular flexibility index (Phi) is 4.95. The zero-order valence-corrected chi connectivity index (χ0v) is 10.3. The normalized spacial score (nSPS) is 9.76. The molecule has 0 amide bonds. The number of carbonyl (C=O) groups is 1. The van der Waals surface area contributed by atoms with Crippen molar-refractivity contribution in [1.82, 2.24) is 0 Å². The van der Waals surface area contributed by atoms with Crippen molar-refractivity contribution in [2.75, 3.05) is 6.61 Å². The van der Waals surface area contributed by atoms with Gasteiger partial charge in [0.2, 0.25) is 0 Å². The highest BCUT2D eigenvalue weighted by molar-refractivity contribution is 6.30. The minimum atomic E-state index is -0.353. The fourth-order valence-electron chi connectivity index (χ4n) is 1.56. The van der Waals surface area contributed by atoms with E-state index in [0.29, 0.717) is 28.3 Å². The van der Waals surface area contributed by atoms with Gasteiger partial charge in [0.05, 0.1) is 24.7 Å². The van der Waals surface area contributed by atoms with Crippen LogP contribution in [0.25, 0.3) is 0 Å². The first kappa shape index (κ1) is 13.5. The lowest BCUT2D eigenvalue weighted by molar-refractivity contribution is -0.142. The molecule has 0 aromatic heterocycles. The SMILES string of the molecule is CCOC(=O)Cc1cc(Cl)cc(C#N)c1CN. The van der Waals surface area contributed by atoms with Crippen LogP contribution < -0.4 is 5.73 Å². The third-order valence-corrected chi connectivity index (χ3v) is 2.49. The molecule has 0 aliphatic heterocycles. The van der Waals surface area contributed by atoms with Crippen molar-refractivity contribution in [1.29, 1.82) is 5.26 Å². The van der Waals surface area contributed by atoms with Crippen molar-refractivity contribution >= 4 is 17.6 Å². The van der Waals surface area contributed by atoms with E-state index in [1.807, 2.05) is 6.07 Å². The molecular formula is C12H13ClN2O2. The molecule has 0 aliphatic rings. The van der Waals surface area contributed by atoms with Crippen LogP contribution >= 0.6 is 11.6 Å². The van der Waals surface area contributed by atoms with Crippen molar-refractivity contribution in [3.63, 3.8) is 0 Å². The number of esters is 1. The van der Waals surface area contributed by atoms with Crippen molar-refractivity contribution in [3.05, 3.63) is 33.8 Å². The van der Waals surface area contributed by atoms with E-state index in [4.69, 9.17) is 27.3 Å². The second kappa shape index (κ2) is 6.24. The van der Waals surface area contributed by atoms with Gasteiger partial charge in [-0.3, -0.25) is 4.79 Å². The maximum atomic E-state index is 11.4. The largest absolute Gasteiger partial charge is 0.466 e. The summed E-state index contributed by atoms with van der Waals surface area (Å²) >= 11 is 5.87. The van der Waals surface area contributed by atoms with Crippen molar-refractivity contribution in [2.45, 2.75) is 19.9 Å². The number of hydrogen-bond donors (Lipinski definition) is 1. The Morgan fingerprint density at radius 3 is 2.82 bits per heavy atom. The first-order chi connectivity index (χ1) is 8.12. The molecule has 0 radical (unpaired) electrons. The lowest BCUT2D eigenvalue weighted by Gasteiger charge is -2.10. The van der Waals surface area contributed by atoms with Crippen molar-refractivity contribution in [2.24, 2.45) is 5.73 Å². The number of ether oxygens (including phenoxy) is 1. The molecule has 0 spiro atoms. The quantitative estimate of drug-likeness (QED) is 0.829. The number of nitriles is 1. The summed E-state index contributed by atoms with van der Waals surface area (Å²) in [5.74, 6) is -0.353. The Bertz CT molecular complexity index is 466. The highest BCUT2D eigenvalue weighted by atomic mass is 35.5. The molecule has 1 aromatic carbocycles.